The van der Waals surface area contributed by atoms with Crippen molar-refractivity contribution in [2.24, 2.45) is 5.92 Å². The Morgan fingerprint density at radius 1 is 1.14 bits per heavy atom. The van der Waals surface area contributed by atoms with E-state index >= 15 is 0 Å². The maximum Gasteiger partial charge on any atom is 0.281 e. The van der Waals surface area contributed by atoms with Gasteiger partial charge in [0.05, 0.1) is 0 Å². The minimum absolute atomic E-state index is 0.274. The van der Waals surface area contributed by atoms with Crippen molar-refractivity contribution in [1.82, 2.24) is 13.9 Å². The van der Waals surface area contributed by atoms with Crippen LogP contribution in [0.2, 0.25) is 0 Å². The van der Waals surface area contributed by atoms with Gasteiger partial charge in [0.1, 0.15) is 0 Å². The molecule has 1 heterocycles. The largest absolute Gasteiger partial charge is 0.314 e. The maximum atomic E-state index is 12.8. The summed E-state index contributed by atoms with van der Waals surface area (Å²) in [5, 5.41) is 3.44. The van der Waals surface area contributed by atoms with Gasteiger partial charge < -0.3 is 5.32 Å². The lowest BCUT2D eigenvalue weighted by Gasteiger charge is -2.38. The standard InChI is InChI=1S/C15H29N3O2S/c1-17(11-4-10-16-14-8-9-14)21(19,20)18-12-3-6-13-5-2-7-15(13)18/h13-16H,2-12H2,1H3. The van der Waals surface area contributed by atoms with Crippen molar-refractivity contribution in [3.05, 3.63) is 0 Å². The molecule has 5 nitrogen and oxygen atoms in total. The zero-order chi connectivity index (χ0) is 14.9. The second kappa shape index (κ2) is 6.52. The summed E-state index contributed by atoms with van der Waals surface area (Å²) in [4.78, 5) is 0. The topological polar surface area (TPSA) is 52.7 Å². The van der Waals surface area contributed by atoms with Crippen molar-refractivity contribution in [3.8, 4) is 0 Å². The first-order valence-electron chi connectivity index (χ1n) is 8.55. The molecule has 2 saturated carbocycles. The van der Waals surface area contributed by atoms with Gasteiger partial charge in [-0.05, 0) is 57.4 Å². The van der Waals surface area contributed by atoms with Gasteiger partial charge in [0, 0.05) is 32.2 Å². The molecule has 0 bridgehead atoms. The molecule has 0 aromatic carbocycles. The summed E-state index contributed by atoms with van der Waals surface area (Å²) in [6, 6.07) is 0.976. The van der Waals surface area contributed by atoms with Crippen molar-refractivity contribution in [2.75, 3.05) is 26.7 Å². The minimum atomic E-state index is -3.26. The molecule has 21 heavy (non-hydrogen) atoms. The molecular weight excluding hydrogens is 286 g/mol. The maximum absolute atomic E-state index is 12.8. The Kier molecular flexibility index (Phi) is 4.88. The van der Waals surface area contributed by atoms with Gasteiger partial charge in [0.15, 0.2) is 0 Å². The number of rotatable bonds is 7. The Labute approximate surface area is 129 Å². The molecule has 6 heteroatoms. The zero-order valence-electron chi connectivity index (χ0n) is 13.1. The highest BCUT2D eigenvalue weighted by atomic mass is 32.2. The van der Waals surface area contributed by atoms with E-state index in [4.69, 9.17) is 0 Å². The molecule has 1 N–H and O–H groups in total. The highest BCUT2D eigenvalue weighted by Crippen LogP contribution is 2.38. The number of hydrogen-bond acceptors (Lipinski definition) is 3. The van der Waals surface area contributed by atoms with Crippen LogP contribution in [0.5, 0.6) is 0 Å². The van der Waals surface area contributed by atoms with E-state index in [9.17, 15) is 8.42 Å². The van der Waals surface area contributed by atoms with Crippen LogP contribution in [0.4, 0.5) is 0 Å². The molecule has 0 aromatic rings. The molecule has 0 spiro atoms. The highest BCUT2D eigenvalue weighted by molar-refractivity contribution is 7.86. The summed E-state index contributed by atoms with van der Waals surface area (Å²) in [5.74, 6) is 0.610. The Hall–Kier alpha value is -0.170. The first kappa shape index (κ1) is 15.7. The van der Waals surface area contributed by atoms with E-state index in [0.29, 0.717) is 25.0 Å². The lowest BCUT2D eigenvalue weighted by Crippen LogP contribution is -2.51. The molecule has 122 valence electrons. The summed E-state index contributed by atoms with van der Waals surface area (Å²) < 4.78 is 29.0. The molecule has 3 aliphatic rings. The lowest BCUT2D eigenvalue weighted by atomic mass is 9.94. The summed E-state index contributed by atoms with van der Waals surface area (Å²) in [7, 11) is -1.52. The van der Waals surface area contributed by atoms with Gasteiger partial charge in [-0.25, -0.2) is 0 Å². The number of nitrogens with zero attached hydrogens (tertiary/aromatic N) is 2. The number of nitrogens with one attached hydrogen (secondary N) is 1. The molecule has 1 aliphatic heterocycles. The second-order valence-electron chi connectivity index (χ2n) is 6.92. The summed E-state index contributed by atoms with van der Waals surface area (Å²) in [6.45, 7) is 2.26. The van der Waals surface area contributed by atoms with Crippen LogP contribution >= 0.6 is 0 Å². The van der Waals surface area contributed by atoms with Crippen molar-refractivity contribution in [2.45, 2.75) is 63.5 Å². The number of hydrogen-bond donors (Lipinski definition) is 1. The van der Waals surface area contributed by atoms with E-state index < -0.39 is 10.2 Å². The fourth-order valence-electron chi connectivity index (χ4n) is 3.88. The predicted octanol–water partition coefficient (Wildman–Crippen LogP) is 1.57. The molecule has 0 amide bonds. The fraction of sp³-hybridized carbons (Fsp3) is 1.00. The van der Waals surface area contributed by atoms with Crippen LogP contribution in [-0.2, 0) is 10.2 Å². The van der Waals surface area contributed by atoms with E-state index in [0.717, 1.165) is 25.8 Å². The first-order valence-corrected chi connectivity index (χ1v) is 9.95. The van der Waals surface area contributed by atoms with E-state index in [1.165, 1.54) is 32.1 Å². The Balaban J connectivity index is 1.53. The highest BCUT2D eigenvalue weighted by Gasteiger charge is 2.41. The molecule has 3 fully saturated rings. The summed E-state index contributed by atoms with van der Waals surface area (Å²) in [6.07, 6.45) is 9.16. The Bertz CT molecular complexity index is 450. The van der Waals surface area contributed by atoms with Gasteiger partial charge in [-0.3, -0.25) is 0 Å². The SMILES string of the molecule is CN(CCCNC1CC1)S(=O)(=O)N1CCCC2CCCC21. The van der Waals surface area contributed by atoms with Gasteiger partial charge in [-0.15, -0.1) is 0 Å². The molecular formula is C15H29N3O2S. The Morgan fingerprint density at radius 2 is 1.90 bits per heavy atom. The van der Waals surface area contributed by atoms with E-state index in [1.54, 1.807) is 11.4 Å². The molecule has 0 aromatic heterocycles. The average molecular weight is 315 g/mol. The van der Waals surface area contributed by atoms with Gasteiger partial charge in [-0.2, -0.15) is 17.0 Å². The summed E-state index contributed by atoms with van der Waals surface area (Å²) in [5.41, 5.74) is 0. The quantitative estimate of drug-likeness (QED) is 0.726. The zero-order valence-corrected chi connectivity index (χ0v) is 13.9. The van der Waals surface area contributed by atoms with E-state index in [1.807, 2.05) is 4.31 Å². The third kappa shape index (κ3) is 3.60. The number of fused-ring (bicyclic) bond motifs is 1. The summed E-state index contributed by atoms with van der Waals surface area (Å²) >= 11 is 0. The third-order valence-corrected chi connectivity index (χ3v) is 7.31. The van der Waals surface area contributed by atoms with Crippen LogP contribution in [0.15, 0.2) is 0 Å². The molecule has 2 atom stereocenters. The molecule has 1 saturated heterocycles. The van der Waals surface area contributed by atoms with Crippen LogP contribution in [0.25, 0.3) is 0 Å². The van der Waals surface area contributed by atoms with Gasteiger partial charge in [-0.1, -0.05) is 6.42 Å². The molecule has 2 aliphatic carbocycles. The van der Waals surface area contributed by atoms with Crippen LogP contribution in [-0.4, -0.2) is 55.8 Å². The van der Waals surface area contributed by atoms with E-state index in [2.05, 4.69) is 5.32 Å². The van der Waals surface area contributed by atoms with E-state index in [-0.39, 0.29) is 6.04 Å². The second-order valence-corrected chi connectivity index (χ2v) is 8.91. The van der Waals surface area contributed by atoms with Crippen LogP contribution in [0.1, 0.15) is 51.4 Å². The van der Waals surface area contributed by atoms with Crippen molar-refractivity contribution in [3.63, 3.8) is 0 Å². The van der Waals surface area contributed by atoms with Crippen LogP contribution in [0, 0.1) is 5.92 Å². The Morgan fingerprint density at radius 3 is 2.67 bits per heavy atom. The average Bonchev–Trinajstić information content (AvgIpc) is 3.17. The number of piperidine rings is 1. The monoisotopic (exact) mass is 315 g/mol. The third-order valence-electron chi connectivity index (χ3n) is 5.29. The van der Waals surface area contributed by atoms with Crippen molar-refractivity contribution < 1.29 is 8.42 Å². The van der Waals surface area contributed by atoms with Crippen molar-refractivity contribution in [1.29, 1.82) is 0 Å². The molecule has 0 radical (unpaired) electrons. The lowest BCUT2D eigenvalue weighted by molar-refractivity contribution is 0.191. The van der Waals surface area contributed by atoms with Gasteiger partial charge in [0.25, 0.3) is 10.2 Å². The predicted molar refractivity (Wildman–Crippen MR) is 84.3 cm³/mol. The minimum Gasteiger partial charge on any atom is -0.314 e. The smallest absolute Gasteiger partial charge is 0.281 e. The normalized spacial score (nSPS) is 30.8. The van der Waals surface area contributed by atoms with Gasteiger partial charge in [0.2, 0.25) is 0 Å². The first-order chi connectivity index (χ1) is 10.1. The van der Waals surface area contributed by atoms with Crippen LogP contribution < -0.4 is 5.32 Å². The fourth-order valence-corrected chi connectivity index (χ4v) is 5.58. The van der Waals surface area contributed by atoms with Gasteiger partial charge >= 0.3 is 0 Å². The molecule has 2 unspecified atom stereocenters. The molecule has 3 rings (SSSR count). The van der Waals surface area contributed by atoms with Crippen molar-refractivity contribution >= 4 is 10.2 Å². The van der Waals surface area contributed by atoms with Crippen LogP contribution in [0.3, 0.4) is 0 Å².